The van der Waals surface area contributed by atoms with Gasteiger partial charge in [0.15, 0.2) is 0 Å². The van der Waals surface area contributed by atoms with Gasteiger partial charge in [0, 0.05) is 20.4 Å². The number of carbonyl (C=O) groups is 2. The average molecular weight is 377 g/mol. The molecule has 0 aliphatic carbocycles. The minimum absolute atomic E-state index is 0.0578. The van der Waals surface area contributed by atoms with Gasteiger partial charge < -0.3 is 10.4 Å². The molecule has 1 amide bonds. The number of carbonyl (C=O) groups excluding carboxylic acids is 1. The van der Waals surface area contributed by atoms with Crippen LogP contribution in [0.15, 0.2) is 45.8 Å². The van der Waals surface area contributed by atoms with Gasteiger partial charge in [0.25, 0.3) is 5.91 Å². The lowest BCUT2D eigenvalue weighted by atomic mass is 10.2. The molecule has 110 valence electrons. The van der Waals surface area contributed by atoms with Crippen molar-refractivity contribution in [2.45, 2.75) is 0 Å². The maximum atomic E-state index is 12.1. The van der Waals surface area contributed by atoms with E-state index >= 15 is 0 Å². The van der Waals surface area contributed by atoms with Crippen LogP contribution in [0.3, 0.4) is 0 Å². The summed E-state index contributed by atoms with van der Waals surface area (Å²) in [5.41, 5.74) is 0.316. The number of benzene rings is 1. The Hall–Kier alpha value is -2.43. The smallest absolute Gasteiger partial charge is 0.335 e. The van der Waals surface area contributed by atoms with Crippen LogP contribution in [0.4, 0.5) is 5.69 Å². The molecule has 2 aromatic rings. The monoisotopic (exact) mass is 376 g/mol. The second-order valence-electron chi connectivity index (χ2n) is 4.18. The fraction of sp³-hybridized carbons (Fsp3) is 0. The van der Waals surface area contributed by atoms with E-state index in [2.05, 4.69) is 21.2 Å². The minimum atomic E-state index is -1.09. The molecule has 0 radical (unpaired) electrons. The van der Waals surface area contributed by atoms with Crippen LogP contribution in [0.2, 0.25) is 0 Å². The first-order valence-electron chi connectivity index (χ1n) is 6.00. The summed E-state index contributed by atoms with van der Waals surface area (Å²) in [4.78, 5) is 23.7. The lowest BCUT2D eigenvalue weighted by Gasteiger charge is -2.05. The Kier molecular flexibility index (Phi) is 5.09. The molecule has 0 saturated carbocycles. The lowest BCUT2D eigenvalue weighted by molar-refractivity contribution is -0.112. The molecule has 1 heterocycles. The van der Waals surface area contributed by atoms with Crippen molar-refractivity contribution in [1.29, 1.82) is 5.26 Å². The maximum Gasteiger partial charge on any atom is 0.335 e. The molecule has 0 bridgehead atoms. The SMILES string of the molecule is N#CC(=Cc1cc(Br)cs1)C(=O)Nc1cccc(C(=O)O)c1. The number of nitrogens with one attached hydrogen (secondary N) is 1. The zero-order valence-electron chi connectivity index (χ0n) is 11.0. The third kappa shape index (κ3) is 4.04. The van der Waals surface area contributed by atoms with Gasteiger partial charge in [0.05, 0.1) is 5.56 Å². The van der Waals surface area contributed by atoms with Crippen molar-refractivity contribution >= 4 is 50.9 Å². The standard InChI is InChI=1S/C15H9BrN2O3S/c16-11-6-13(22-8-11)5-10(7-17)14(19)18-12-3-1-2-9(4-12)15(20)21/h1-6,8H,(H,18,19)(H,20,21). The van der Waals surface area contributed by atoms with E-state index in [1.807, 2.05) is 11.4 Å². The van der Waals surface area contributed by atoms with Gasteiger partial charge in [0.2, 0.25) is 0 Å². The first-order valence-corrected chi connectivity index (χ1v) is 7.67. The Morgan fingerprint density at radius 2 is 2.14 bits per heavy atom. The Morgan fingerprint density at radius 1 is 1.36 bits per heavy atom. The molecule has 0 atom stereocenters. The number of nitriles is 1. The molecule has 0 saturated heterocycles. The average Bonchev–Trinajstić information content (AvgIpc) is 2.90. The molecule has 0 aliphatic heterocycles. The summed E-state index contributed by atoms with van der Waals surface area (Å²) in [5.74, 6) is -1.68. The number of anilines is 1. The van der Waals surface area contributed by atoms with E-state index in [1.54, 1.807) is 12.1 Å². The summed E-state index contributed by atoms with van der Waals surface area (Å²) in [7, 11) is 0. The summed E-state index contributed by atoms with van der Waals surface area (Å²) in [6, 6.07) is 9.46. The second-order valence-corrected chi connectivity index (χ2v) is 6.04. The third-order valence-electron chi connectivity index (χ3n) is 2.61. The van der Waals surface area contributed by atoms with Gasteiger partial charge in [-0.05, 0) is 46.3 Å². The van der Waals surface area contributed by atoms with Crippen LogP contribution in [-0.2, 0) is 4.79 Å². The lowest BCUT2D eigenvalue weighted by Crippen LogP contribution is -2.13. The van der Waals surface area contributed by atoms with E-state index in [4.69, 9.17) is 10.4 Å². The van der Waals surface area contributed by atoms with Crippen molar-refractivity contribution in [3.05, 3.63) is 56.2 Å². The summed E-state index contributed by atoms with van der Waals surface area (Å²) in [5, 5.41) is 22.4. The molecule has 1 aromatic heterocycles. The molecule has 5 nitrogen and oxygen atoms in total. The maximum absolute atomic E-state index is 12.1. The number of hydrogen-bond donors (Lipinski definition) is 2. The number of aromatic carboxylic acids is 1. The molecule has 0 fully saturated rings. The van der Waals surface area contributed by atoms with Gasteiger partial charge in [-0.2, -0.15) is 5.26 Å². The highest BCUT2D eigenvalue weighted by molar-refractivity contribution is 9.10. The molecule has 0 unspecified atom stereocenters. The predicted octanol–water partition coefficient (Wildman–Crippen LogP) is 3.75. The Morgan fingerprint density at radius 3 is 2.73 bits per heavy atom. The number of halogens is 1. The van der Waals surface area contributed by atoms with E-state index in [-0.39, 0.29) is 11.1 Å². The van der Waals surface area contributed by atoms with Crippen molar-refractivity contribution in [3.63, 3.8) is 0 Å². The fourth-order valence-electron chi connectivity index (χ4n) is 1.62. The Balaban J connectivity index is 2.20. The molecule has 1 aromatic carbocycles. The third-order valence-corrected chi connectivity index (χ3v) is 4.25. The van der Waals surface area contributed by atoms with Crippen LogP contribution in [0.5, 0.6) is 0 Å². The number of carboxylic acid groups (broad SMARTS) is 1. The Labute approximate surface area is 138 Å². The second kappa shape index (κ2) is 7.02. The van der Waals surface area contributed by atoms with Gasteiger partial charge in [-0.3, -0.25) is 4.79 Å². The van der Waals surface area contributed by atoms with Crippen LogP contribution < -0.4 is 5.32 Å². The molecule has 7 heteroatoms. The highest BCUT2D eigenvalue weighted by atomic mass is 79.9. The van der Waals surface area contributed by atoms with Crippen LogP contribution in [-0.4, -0.2) is 17.0 Å². The number of carboxylic acids is 1. The van der Waals surface area contributed by atoms with Gasteiger partial charge in [-0.15, -0.1) is 11.3 Å². The van der Waals surface area contributed by atoms with Crippen LogP contribution in [0, 0.1) is 11.3 Å². The number of amides is 1. The highest BCUT2D eigenvalue weighted by Gasteiger charge is 2.11. The van der Waals surface area contributed by atoms with Crippen molar-refractivity contribution in [3.8, 4) is 6.07 Å². The van der Waals surface area contributed by atoms with Crippen LogP contribution in [0.1, 0.15) is 15.2 Å². The zero-order valence-corrected chi connectivity index (χ0v) is 13.4. The summed E-state index contributed by atoms with van der Waals surface area (Å²) in [6.45, 7) is 0. The molecular formula is C15H9BrN2O3S. The van der Waals surface area contributed by atoms with Gasteiger partial charge in [-0.1, -0.05) is 6.07 Å². The largest absolute Gasteiger partial charge is 0.478 e. The van der Waals surface area contributed by atoms with Crippen molar-refractivity contribution < 1.29 is 14.7 Å². The van der Waals surface area contributed by atoms with Crippen molar-refractivity contribution in [2.75, 3.05) is 5.32 Å². The molecule has 22 heavy (non-hydrogen) atoms. The Bertz CT molecular complexity index is 805. The van der Waals surface area contributed by atoms with E-state index in [9.17, 15) is 9.59 Å². The molecule has 2 N–H and O–H groups in total. The predicted molar refractivity (Wildman–Crippen MR) is 87.6 cm³/mol. The van der Waals surface area contributed by atoms with E-state index in [1.165, 1.54) is 35.6 Å². The summed E-state index contributed by atoms with van der Waals surface area (Å²) in [6.07, 6.45) is 1.48. The summed E-state index contributed by atoms with van der Waals surface area (Å²) >= 11 is 4.69. The van der Waals surface area contributed by atoms with Gasteiger partial charge in [-0.25, -0.2) is 4.79 Å². The van der Waals surface area contributed by atoms with Crippen molar-refractivity contribution in [2.24, 2.45) is 0 Å². The van der Waals surface area contributed by atoms with Crippen LogP contribution in [0.25, 0.3) is 6.08 Å². The number of nitrogens with zero attached hydrogens (tertiary/aromatic N) is 1. The first kappa shape index (κ1) is 15.9. The zero-order chi connectivity index (χ0) is 16.1. The fourth-order valence-corrected chi connectivity index (χ4v) is 3.00. The van der Waals surface area contributed by atoms with Gasteiger partial charge >= 0.3 is 5.97 Å². The first-order chi connectivity index (χ1) is 10.5. The number of thiophene rings is 1. The number of hydrogen-bond acceptors (Lipinski definition) is 4. The molecular weight excluding hydrogens is 368 g/mol. The number of rotatable bonds is 4. The normalized spacial score (nSPS) is 10.8. The molecule has 2 rings (SSSR count). The van der Waals surface area contributed by atoms with Crippen LogP contribution >= 0.6 is 27.3 Å². The summed E-state index contributed by atoms with van der Waals surface area (Å²) < 4.78 is 0.871. The molecule has 0 aliphatic rings. The minimum Gasteiger partial charge on any atom is -0.478 e. The van der Waals surface area contributed by atoms with Crippen molar-refractivity contribution in [1.82, 2.24) is 0 Å². The quantitative estimate of drug-likeness (QED) is 0.627. The molecule has 0 spiro atoms. The van der Waals surface area contributed by atoms with E-state index in [0.29, 0.717) is 5.69 Å². The highest BCUT2D eigenvalue weighted by Crippen LogP contribution is 2.22. The van der Waals surface area contributed by atoms with E-state index in [0.717, 1.165) is 9.35 Å². The van der Waals surface area contributed by atoms with Gasteiger partial charge in [0.1, 0.15) is 11.6 Å². The topological polar surface area (TPSA) is 90.2 Å². The van der Waals surface area contributed by atoms with E-state index < -0.39 is 11.9 Å².